The predicted molar refractivity (Wildman–Crippen MR) is 52.9 cm³/mol. The van der Waals surface area contributed by atoms with E-state index in [1.54, 1.807) is 0 Å². The van der Waals surface area contributed by atoms with E-state index in [2.05, 4.69) is 5.32 Å². The minimum Gasteiger partial charge on any atom is -0.354 e. The number of hydrogen-bond acceptors (Lipinski definition) is 2. The predicted octanol–water partition coefficient (Wildman–Crippen LogP) is 1.28. The van der Waals surface area contributed by atoms with Gasteiger partial charge in [0.15, 0.2) is 0 Å². The topological polar surface area (TPSA) is 55.1 Å². The summed E-state index contributed by atoms with van der Waals surface area (Å²) in [6.45, 7) is 8.48. The molecule has 3 heteroatoms. The smallest absolute Gasteiger partial charge is 0.220 e. The third-order valence-electron chi connectivity index (χ3n) is 1.06. The second kappa shape index (κ2) is 10.4. The second-order valence-corrected chi connectivity index (χ2v) is 2.61. The van der Waals surface area contributed by atoms with Gasteiger partial charge < -0.3 is 11.1 Å². The van der Waals surface area contributed by atoms with Crippen molar-refractivity contribution in [1.82, 2.24) is 5.32 Å². The molecule has 0 atom stereocenters. The average molecular weight is 174 g/mol. The maximum absolute atomic E-state index is 10.8. The molecule has 0 bridgehead atoms. The van der Waals surface area contributed by atoms with Gasteiger partial charge in [0.25, 0.3) is 0 Å². The zero-order valence-corrected chi connectivity index (χ0v) is 8.68. The highest BCUT2D eigenvalue weighted by atomic mass is 16.1. The van der Waals surface area contributed by atoms with Gasteiger partial charge in [0.05, 0.1) is 0 Å². The van der Waals surface area contributed by atoms with Crippen LogP contribution < -0.4 is 11.1 Å². The van der Waals surface area contributed by atoms with Gasteiger partial charge in [-0.05, 0) is 26.8 Å². The summed E-state index contributed by atoms with van der Waals surface area (Å²) in [6, 6.07) is 0.241. The molecule has 0 saturated carbocycles. The van der Waals surface area contributed by atoms with E-state index < -0.39 is 0 Å². The number of rotatable bonds is 4. The van der Waals surface area contributed by atoms with E-state index in [4.69, 9.17) is 5.73 Å². The Balaban J connectivity index is 0. The van der Waals surface area contributed by atoms with Crippen LogP contribution in [0.3, 0.4) is 0 Å². The summed E-state index contributed by atoms with van der Waals surface area (Å²) in [7, 11) is 0. The van der Waals surface area contributed by atoms with E-state index in [1.807, 2.05) is 27.7 Å². The number of carbonyl (C=O) groups excluding carboxylic acids is 1. The normalized spacial score (nSPS) is 8.83. The lowest BCUT2D eigenvalue weighted by Gasteiger charge is -2.06. The zero-order chi connectivity index (χ0) is 9.98. The van der Waals surface area contributed by atoms with Crippen LogP contribution in [0.15, 0.2) is 0 Å². The maximum Gasteiger partial charge on any atom is 0.220 e. The molecule has 3 N–H and O–H groups in total. The van der Waals surface area contributed by atoms with Crippen LogP contribution in [0.25, 0.3) is 0 Å². The van der Waals surface area contributed by atoms with Crippen molar-refractivity contribution in [3.8, 4) is 0 Å². The summed E-state index contributed by atoms with van der Waals surface area (Å²) in [5, 5.41) is 2.78. The highest BCUT2D eigenvalue weighted by Crippen LogP contribution is 1.86. The van der Waals surface area contributed by atoms with Gasteiger partial charge in [0.1, 0.15) is 0 Å². The van der Waals surface area contributed by atoms with Gasteiger partial charge in [0, 0.05) is 12.5 Å². The van der Waals surface area contributed by atoms with Crippen LogP contribution in [0.1, 0.15) is 40.5 Å². The summed E-state index contributed by atoms with van der Waals surface area (Å²) in [6.07, 6.45) is 1.33. The van der Waals surface area contributed by atoms with Crippen molar-refractivity contribution in [2.24, 2.45) is 5.73 Å². The van der Waals surface area contributed by atoms with Gasteiger partial charge in [-0.25, -0.2) is 0 Å². The first-order valence-corrected chi connectivity index (χ1v) is 4.66. The lowest BCUT2D eigenvalue weighted by atomic mass is 10.3. The summed E-state index contributed by atoms with van der Waals surface area (Å²) in [5.41, 5.74) is 5.23. The minimum atomic E-state index is 0.0976. The molecule has 0 radical (unpaired) electrons. The number of nitrogens with two attached hydrogens (primary N) is 1. The van der Waals surface area contributed by atoms with Crippen molar-refractivity contribution in [2.75, 3.05) is 6.54 Å². The van der Waals surface area contributed by atoms with Crippen LogP contribution in [0.5, 0.6) is 0 Å². The van der Waals surface area contributed by atoms with Gasteiger partial charge in [-0.1, -0.05) is 13.8 Å². The Morgan fingerprint density at radius 3 is 2.25 bits per heavy atom. The molecule has 1 amide bonds. The minimum absolute atomic E-state index is 0.0976. The first-order valence-electron chi connectivity index (χ1n) is 4.66. The monoisotopic (exact) mass is 174 g/mol. The second-order valence-electron chi connectivity index (χ2n) is 2.61. The quantitative estimate of drug-likeness (QED) is 0.674. The molecule has 74 valence electrons. The fraction of sp³-hybridized carbons (Fsp3) is 0.889. The Hall–Kier alpha value is -0.570. The van der Waals surface area contributed by atoms with Gasteiger partial charge >= 0.3 is 0 Å². The molecular formula is C9H22N2O. The van der Waals surface area contributed by atoms with E-state index in [9.17, 15) is 4.79 Å². The summed E-state index contributed by atoms with van der Waals surface area (Å²) in [5.74, 6) is 0.0976. The Kier molecular flexibility index (Phi) is 12.2. The number of amides is 1. The molecule has 0 aliphatic carbocycles. The molecule has 0 heterocycles. The zero-order valence-electron chi connectivity index (χ0n) is 8.68. The van der Waals surface area contributed by atoms with Crippen LogP contribution in [-0.4, -0.2) is 18.5 Å². The van der Waals surface area contributed by atoms with Gasteiger partial charge in [-0.15, -0.1) is 0 Å². The van der Waals surface area contributed by atoms with E-state index in [1.165, 1.54) is 0 Å². The van der Waals surface area contributed by atoms with Crippen LogP contribution >= 0.6 is 0 Å². The third-order valence-corrected chi connectivity index (χ3v) is 1.06. The molecule has 0 aromatic heterocycles. The Morgan fingerprint density at radius 2 is 1.92 bits per heavy atom. The van der Waals surface area contributed by atoms with Crippen LogP contribution in [0.4, 0.5) is 0 Å². The van der Waals surface area contributed by atoms with Crippen LogP contribution in [0, 0.1) is 0 Å². The number of carbonyl (C=O) groups is 1. The van der Waals surface area contributed by atoms with Crippen LogP contribution in [-0.2, 0) is 4.79 Å². The lowest BCUT2D eigenvalue weighted by Crippen LogP contribution is -2.30. The van der Waals surface area contributed by atoms with Crippen molar-refractivity contribution in [3.63, 3.8) is 0 Å². The maximum atomic E-state index is 10.8. The fourth-order valence-electron chi connectivity index (χ4n) is 0.657. The Morgan fingerprint density at radius 1 is 1.42 bits per heavy atom. The molecule has 0 unspecified atom stereocenters. The first-order chi connectivity index (χ1) is 5.66. The van der Waals surface area contributed by atoms with E-state index in [0.717, 1.165) is 6.42 Å². The van der Waals surface area contributed by atoms with Crippen LogP contribution in [0.2, 0.25) is 0 Å². The molecule has 0 aromatic carbocycles. The highest BCUT2D eigenvalue weighted by Gasteiger charge is 2.00. The first kappa shape index (κ1) is 14.0. The summed E-state index contributed by atoms with van der Waals surface area (Å²) < 4.78 is 0. The number of hydrogen-bond donors (Lipinski definition) is 2. The summed E-state index contributed by atoms with van der Waals surface area (Å²) >= 11 is 0. The molecule has 0 rings (SSSR count). The SMILES string of the molecule is CC.CC(C)NC(=O)CCCN. The van der Waals surface area contributed by atoms with Gasteiger partial charge in [-0.3, -0.25) is 4.79 Å². The molecule has 0 fully saturated rings. The summed E-state index contributed by atoms with van der Waals surface area (Å²) in [4.78, 5) is 10.8. The average Bonchev–Trinajstić information content (AvgIpc) is 2.03. The van der Waals surface area contributed by atoms with Crippen molar-refractivity contribution in [3.05, 3.63) is 0 Å². The third kappa shape index (κ3) is 12.1. The Labute approximate surface area is 75.7 Å². The standard InChI is InChI=1S/C7H16N2O.C2H6/c1-6(2)9-7(10)4-3-5-8;1-2/h6H,3-5,8H2,1-2H3,(H,9,10);1-2H3. The molecule has 0 aliphatic rings. The highest BCUT2D eigenvalue weighted by molar-refractivity contribution is 5.76. The van der Waals surface area contributed by atoms with Crippen molar-refractivity contribution in [1.29, 1.82) is 0 Å². The lowest BCUT2D eigenvalue weighted by molar-refractivity contribution is -0.121. The fourth-order valence-corrected chi connectivity index (χ4v) is 0.657. The van der Waals surface area contributed by atoms with Crippen molar-refractivity contribution < 1.29 is 4.79 Å². The molecule has 0 spiro atoms. The molecule has 0 aliphatic heterocycles. The molecular weight excluding hydrogens is 152 g/mol. The molecule has 12 heavy (non-hydrogen) atoms. The largest absolute Gasteiger partial charge is 0.354 e. The van der Waals surface area contributed by atoms with E-state index >= 15 is 0 Å². The van der Waals surface area contributed by atoms with Gasteiger partial charge in [0.2, 0.25) is 5.91 Å². The van der Waals surface area contributed by atoms with Gasteiger partial charge in [-0.2, -0.15) is 0 Å². The molecule has 3 nitrogen and oxygen atoms in total. The number of nitrogens with one attached hydrogen (secondary N) is 1. The molecule has 0 aromatic rings. The Bertz CT molecular complexity index is 103. The van der Waals surface area contributed by atoms with Crippen molar-refractivity contribution in [2.45, 2.75) is 46.6 Å². The van der Waals surface area contributed by atoms with E-state index in [-0.39, 0.29) is 11.9 Å². The van der Waals surface area contributed by atoms with Crippen molar-refractivity contribution >= 4 is 5.91 Å². The van der Waals surface area contributed by atoms with E-state index in [0.29, 0.717) is 13.0 Å². The molecule has 0 saturated heterocycles.